The molecule has 120 valence electrons. The van der Waals surface area contributed by atoms with Gasteiger partial charge < -0.3 is 14.6 Å². The number of hydrogen-bond acceptors (Lipinski definition) is 7. The second kappa shape index (κ2) is 6.69. The van der Waals surface area contributed by atoms with Crippen LogP contribution in [0.3, 0.4) is 0 Å². The first-order valence-electron chi connectivity index (χ1n) is 6.52. The first-order chi connectivity index (χ1) is 10.9. The summed E-state index contributed by atoms with van der Waals surface area (Å²) in [5, 5.41) is 16.7. The first kappa shape index (κ1) is 16.1. The van der Waals surface area contributed by atoms with Crippen LogP contribution in [-0.2, 0) is 9.53 Å². The number of rotatable bonds is 5. The number of aromatic nitrogens is 1. The van der Waals surface area contributed by atoms with Crippen molar-refractivity contribution in [1.82, 2.24) is 5.16 Å². The van der Waals surface area contributed by atoms with Crippen LogP contribution in [0.4, 0.5) is 11.5 Å². The van der Waals surface area contributed by atoms with Gasteiger partial charge in [-0.2, -0.15) is 0 Å². The smallest absolute Gasteiger partial charge is 0.338 e. The minimum Gasteiger partial charge on any atom is -0.452 e. The third kappa shape index (κ3) is 4.13. The van der Waals surface area contributed by atoms with E-state index in [1.165, 1.54) is 31.2 Å². The van der Waals surface area contributed by atoms with Gasteiger partial charge in [0.15, 0.2) is 12.4 Å². The zero-order valence-electron chi connectivity index (χ0n) is 12.4. The minimum atomic E-state index is -0.755. The average Bonchev–Trinajstić information content (AvgIpc) is 2.89. The molecule has 1 aromatic carbocycles. The second-order valence-corrected chi connectivity index (χ2v) is 4.71. The van der Waals surface area contributed by atoms with Crippen LogP contribution in [0, 0.1) is 24.0 Å². The highest BCUT2D eigenvalue weighted by Crippen LogP contribution is 2.19. The Bertz CT molecular complexity index is 768. The van der Waals surface area contributed by atoms with Crippen LogP contribution >= 0.6 is 0 Å². The molecule has 0 fully saturated rings. The summed E-state index contributed by atoms with van der Waals surface area (Å²) >= 11 is 0. The maximum Gasteiger partial charge on any atom is 0.338 e. The molecular weight excluding hydrogens is 306 g/mol. The quantitative estimate of drug-likeness (QED) is 0.507. The Labute approximate surface area is 130 Å². The number of ether oxygens (including phenoxy) is 1. The van der Waals surface area contributed by atoms with Crippen LogP contribution < -0.4 is 5.32 Å². The van der Waals surface area contributed by atoms with E-state index in [4.69, 9.17) is 9.26 Å². The van der Waals surface area contributed by atoms with Crippen molar-refractivity contribution in [3.05, 3.63) is 51.3 Å². The average molecular weight is 319 g/mol. The summed E-state index contributed by atoms with van der Waals surface area (Å²) in [6.07, 6.45) is 0. The molecule has 2 aromatic rings. The van der Waals surface area contributed by atoms with E-state index >= 15 is 0 Å². The van der Waals surface area contributed by atoms with Crippen molar-refractivity contribution < 1.29 is 23.8 Å². The molecular formula is C14H13N3O6. The summed E-state index contributed by atoms with van der Waals surface area (Å²) in [7, 11) is 0. The van der Waals surface area contributed by atoms with Crippen LogP contribution in [0.25, 0.3) is 0 Å². The Balaban J connectivity index is 1.93. The molecule has 1 N–H and O–H groups in total. The Hall–Kier alpha value is -3.23. The van der Waals surface area contributed by atoms with Gasteiger partial charge in [-0.1, -0.05) is 5.16 Å². The minimum absolute atomic E-state index is 0.0966. The lowest BCUT2D eigenvalue weighted by atomic mass is 10.1. The molecule has 0 bridgehead atoms. The van der Waals surface area contributed by atoms with E-state index in [2.05, 4.69) is 10.5 Å². The summed E-state index contributed by atoms with van der Waals surface area (Å²) in [5.41, 5.74) is 0.353. The van der Waals surface area contributed by atoms with Gasteiger partial charge in [0, 0.05) is 17.7 Å². The number of esters is 1. The normalized spacial score (nSPS) is 10.2. The molecule has 0 radical (unpaired) electrons. The number of anilines is 1. The molecule has 1 heterocycles. The third-order valence-corrected chi connectivity index (χ3v) is 2.86. The lowest BCUT2D eigenvalue weighted by Gasteiger charge is -2.05. The number of carbonyl (C=O) groups is 2. The largest absolute Gasteiger partial charge is 0.452 e. The van der Waals surface area contributed by atoms with Gasteiger partial charge in [0.1, 0.15) is 5.76 Å². The fourth-order valence-corrected chi connectivity index (χ4v) is 1.81. The summed E-state index contributed by atoms with van der Waals surface area (Å²) in [5.74, 6) is -0.590. The van der Waals surface area contributed by atoms with Crippen molar-refractivity contribution in [3.63, 3.8) is 0 Å². The molecule has 0 aliphatic heterocycles. The number of amides is 1. The molecule has 0 atom stereocenters. The molecule has 0 saturated heterocycles. The molecule has 23 heavy (non-hydrogen) atoms. The van der Waals surface area contributed by atoms with E-state index in [1.807, 2.05) is 0 Å². The van der Waals surface area contributed by atoms with Gasteiger partial charge >= 0.3 is 5.97 Å². The lowest BCUT2D eigenvalue weighted by Crippen LogP contribution is -2.21. The summed E-state index contributed by atoms with van der Waals surface area (Å²) < 4.78 is 9.62. The van der Waals surface area contributed by atoms with Gasteiger partial charge in [-0.15, -0.1) is 0 Å². The number of nitrogens with zero attached hydrogens (tertiary/aromatic N) is 2. The van der Waals surface area contributed by atoms with Gasteiger partial charge in [-0.25, -0.2) is 4.79 Å². The Morgan fingerprint density at radius 3 is 2.65 bits per heavy atom. The molecule has 1 aromatic heterocycles. The lowest BCUT2D eigenvalue weighted by molar-refractivity contribution is -0.385. The molecule has 0 unspecified atom stereocenters. The van der Waals surface area contributed by atoms with E-state index in [-0.39, 0.29) is 17.1 Å². The second-order valence-electron chi connectivity index (χ2n) is 4.71. The summed E-state index contributed by atoms with van der Waals surface area (Å²) in [6.45, 7) is 2.66. The Kier molecular flexibility index (Phi) is 4.69. The first-order valence-corrected chi connectivity index (χ1v) is 6.52. The van der Waals surface area contributed by atoms with Crippen molar-refractivity contribution >= 4 is 23.4 Å². The molecule has 2 rings (SSSR count). The van der Waals surface area contributed by atoms with Crippen molar-refractivity contribution in [3.8, 4) is 0 Å². The molecule has 0 saturated carbocycles. The summed E-state index contributed by atoms with van der Waals surface area (Å²) in [4.78, 5) is 33.6. The summed E-state index contributed by atoms with van der Waals surface area (Å²) in [6, 6.07) is 5.33. The predicted octanol–water partition coefficient (Wildman–Crippen LogP) is 2.00. The Morgan fingerprint density at radius 1 is 1.35 bits per heavy atom. The van der Waals surface area contributed by atoms with Crippen LogP contribution in [-0.4, -0.2) is 28.6 Å². The van der Waals surface area contributed by atoms with Gasteiger partial charge in [0.25, 0.3) is 11.6 Å². The van der Waals surface area contributed by atoms with Crippen molar-refractivity contribution in [2.75, 3.05) is 11.9 Å². The molecule has 9 heteroatoms. The molecule has 1 amide bonds. The highest BCUT2D eigenvalue weighted by molar-refractivity contribution is 5.95. The van der Waals surface area contributed by atoms with Crippen molar-refractivity contribution in [2.45, 2.75) is 13.8 Å². The van der Waals surface area contributed by atoms with Gasteiger partial charge in [-0.05, 0) is 26.0 Å². The SMILES string of the molecule is Cc1cc(NC(=O)COC(=O)c2ccc([N+](=O)[O-])c(C)c2)no1. The van der Waals surface area contributed by atoms with E-state index in [0.29, 0.717) is 11.3 Å². The van der Waals surface area contributed by atoms with Crippen LogP contribution in [0.1, 0.15) is 21.7 Å². The van der Waals surface area contributed by atoms with E-state index in [0.717, 1.165) is 0 Å². The monoisotopic (exact) mass is 319 g/mol. The fraction of sp³-hybridized carbons (Fsp3) is 0.214. The maximum atomic E-state index is 11.8. The van der Waals surface area contributed by atoms with Gasteiger partial charge in [0.05, 0.1) is 10.5 Å². The highest BCUT2D eigenvalue weighted by atomic mass is 16.6. The highest BCUT2D eigenvalue weighted by Gasteiger charge is 2.16. The van der Waals surface area contributed by atoms with E-state index in [1.54, 1.807) is 6.92 Å². The van der Waals surface area contributed by atoms with Gasteiger partial charge in [0.2, 0.25) is 0 Å². The topological polar surface area (TPSA) is 125 Å². The number of nitro benzene ring substituents is 1. The van der Waals surface area contributed by atoms with Crippen LogP contribution in [0.2, 0.25) is 0 Å². The van der Waals surface area contributed by atoms with Gasteiger partial charge in [-0.3, -0.25) is 14.9 Å². The standard InChI is InChI=1S/C14H13N3O6/c1-8-5-10(3-4-11(8)17(20)21)14(19)22-7-13(18)15-12-6-9(2)23-16-12/h3-6H,7H2,1-2H3,(H,15,16,18). The predicted molar refractivity (Wildman–Crippen MR) is 78.0 cm³/mol. The van der Waals surface area contributed by atoms with Crippen molar-refractivity contribution in [2.24, 2.45) is 0 Å². The number of carbonyl (C=O) groups excluding carboxylic acids is 2. The number of aryl methyl sites for hydroxylation is 2. The van der Waals surface area contributed by atoms with Crippen LogP contribution in [0.15, 0.2) is 28.8 Å². The number of nitrogens with one attached hydrogen (secondary N) is 1. The van der Waals surface area contributed by atoms with E-state index < -0.39 is 23.4 Å². The van der Waals surface area contributed by atoms with Crippen molar-refractivity contribution in [1.29, 1.82) is 0 Å². The van der Waals surface area contributed by atoms with Crippen LogP contribution in [0.5, 0.6) is 0 Å². The third-order valence-electron chi connectivity index (χ3n) is 2.86. The van der Waals surface area contributed by atoms with E-state index in [9.17, 15) is 19.7 Å². The zero-order valence-corrected chi connectivity index (χ0v) is 12.4. The Morgan fingerprint density at radius 2 is 2.09 bits per heavy atom. The molecule has 9 nitrogen and oxygen atoms in total. The molecule has 0 aliphatic rings. The maximum absolute atomic E-state index is 11.8. The number of hydrogen-bond donors (Lipinski definition) is 1. The fourth-order valence-electron chi connectivity index (χ4n) is 1.81. The number of benzene rings is 1. The molecule has 0 spiro atoms. The zero-order chi connectivity index (χ0) is 17.0. The molecule has 0 aliphatic carbocycles. The number of nitro groups is 1.